The van der Waals surface area contributed by atoms with Crippen molar-refractivity contribution in [3.63, 3.8) is 0 Å². The molecular formula is C15H24N2O6S. The molecule has 1 aromatic rings. The second-order valence-corrected chi connectivity index (χ2v) is 6.62. The smallest absolute Gasteiger partial charge is 0.241 e. The summed E-state index contributed by atoms with van der Waals surface area (Å²) in [5.74, 6) is 0.0950. The van der Waals surface area contributed by atoms with Gasteiger partial charge >= 0.3 is 0 Å². The molecule has 0 aliphatic heterocycles. The minimum Gasteiger partial charge on any atom is -0.497 e. The van der Waals surface area contributed by atoms with Crippen molar-refractivity contribution in [1.29, 1.82) is 0 Å². The van der Waals surface area contributed by atoms with Crippen molar-refractivity contribution in [2.24, 2.45) is 0 Å². The average Bonchev–Trinajstić information content (AvgIpc) is 2.60. The molecule has 0 aromatic heterocycles. The Kier molecular flexibility index (Phi) is 8.13. The number of methoxy groups -OCH3 is 3. The molecule has 0 spiro atoms. The maximum absolute atomic E-state index is 12.4. The van der Waals surface area contributed by atoms with Crippen molar-refractivity contribution in [2.45, 2.75) is 30.6 Å². The van der Waals surface area contributed by atoms with Crippen LogP contribution < -0.4 is 14.8 Å². The Morgan fingerprint density at radius 2 is 1.71 bits per heavy atom. The van der Waals surface area contributed by atoms with Crippen LogP contribution in [-0.2, 0) is 24.3 Å². The van der Waals surface area contributed by atoms with E-state index in [2.05, 4.69) is 10.0 Å². The van der Waals surface area contributed by atoms with Crippen molar-refractivity contribution in [2.75, 3.05) is 27.9 Å². The fourth-order valence-electron chi connectivity index (χ4n) is 1.90. The average molecular weight is 360 g/mol. The summed E-state index contributed by atoms with van der Waals surface area (Å²) < 4.78 is 42.1. The summed E-state index contributed by atoms with van der Waals surface area (Å²) >= 11 is 0. The first-order chi connectivity index (χ1) is 11.4. The van der Waals surface area contributed by atoms with E-state index in [0.29, 0.717) is 12.2 Å². The van der Waals surface area contributed by atoms with Gasteiger partial charge in [-0.15, -0.1) is 0 Å². The van der Waals surface area contributed by atoms with E-state index in [0.717, 1.165) is 0 Å². The molecule has 0 saturated carbocycles. The molecule has 8 nitrogen and oxygen atoms in total. The number of amides is 1. The standard InChI is InChI=1S/C15H24N2O6S/c1-5-13(15(18)16-10-14(22-3)23-4)17-24(19,20)12-8-6-11(21-2)7-9-12/h6-9,13-14,17H,5,10H2,1-4H3,(H,16,18)/t13-/m0/s1. The van der Waals surface area contributed by atoms with Gasteiger partial charge in [0, 0.05) is 14.2 Å². The molecule has 0 aliphatic rings. The molecule has 1 rings (SSSR count). The molecule has 0 bridgehead atoms. The fourth-order valence-corrected chi connectivity index (χ4v) is 3.18. The van der Waals surface area contributed by atoms with Gasteiger partial charge in [-0.1, -0.05) is 6.92 Å². The van der Waals surface area contributed by atoms with Crippen molar-refractivity contribution in [3.8, 4) is 5.75 Å². The maximum Gasteiger partial charge on any atom is 0.241 e. The summed E-state index contributed by atoms with van der Waals surface area (Å²) in [5.41, 5.74) is 0. The van der Waals surface area contributed by atoms with Crippen LogP contribution in [0.25, 0.3) is 0 Å². The van der Waals surface area contributed by atoms with Gasteiger partial charge in [-0.05, 0) is 30.7 Å². The Bertz CT molecular complexity index is 613. The topological polar surface area (TPSA) is 103 Å². The van der Waals surface area contributed by atoms with Crippen LogP contribution in [0.1, 0.15) is 13.3 Å². The minimum atomic E-state index is -3.82. The lowest BCUT2D eigenvalue weighted by atomic mass is 10.2. The zero-order chi connectivity index (χ0) is 18.2. The monoisotopic (exact) mass is 360 g/mol. The van der Waals surface area contributed by atoms with E-state index in [-0.39, 0.29) is 11.4 Å². The highest BCUT2D eigenvalue weighted by atomic mass is 32.2. The molecule has 0 fully saturated rings. The van der Waals surface area contributed by atoms with Crippen LogP contribution in [0, 0.1) is 0 Å². The molecule has 24 heavy (non-hydrogen) atoms. The zero-order valence-corrected chi connectivity index (χ0v) is 15.1. The van der Waals surface area contributed by atoms with Crippen LogP contribution in [0.3, 0.4) is 0 Å². The largest absolute Gasteiger partial charge is 0.497 e. The number of hydrogen-bond acceptors (Lipinski definition) is 6. The van der Waals surface area contributed by atoms with Crippen LogP contribution in [0.4, 0.5) is 0 Å². The number of rotatable bonds is 10. The number of benzene rings is 1. The van der Waals surface area contributed by atoms with Gasteiger partial charge < -0.3 is 19.5 Å². The van der Waals surface area contributed by atoms with Gasteiger partial charge in [0.05, 0.1) is 18.6 Å². The Balaban J connectivity index is 2.76. The number of nitrogens with one attached hydrogen (secondary N) is 2. The van der Waals surface area contributed by atoms with Crippen molar-refractivity contribution >= 4 is 15.9 Å². The van der Waals surface area contributed by atoms with E-state index in [9.17, 15) is 13.2 Å². The summed E-state index contributed by atoms with van der Waals surface area (Å²) in [7, 11) is 0.569. The number of ether oxygens (including phenoxy) is 3. The molecule has 1 amide bonds. The quantitative estimate of drug-likeness (QED) is 0.589. The highest BCUT2D eigenvalue weighted by molar-refractivity contribution is 7.89. The second kappa shape index (κ2) is 9.58. The fraction of sp³-hybridized carbons (Fsp3) is 0.533. The maximum atomic E-state index is 12.4. The van der Waals surface area contributed by atoms with Gasteiger partial charge in [0.15, 0.2) is 6.29 Å². The van der Waals surface area contributed by atoms with Crippen molar-refractivity contribution in [1.82, 2.24) is 10.0 Å². The van der Waals surface area contributed by atoms with E-state index in [1.54, 1.807) is 6.92 Å². The third-order valence-corrected chi connectivity index (χ3v) is 4.85. The molecule has 9 heteroatoms. The predicted molar refractivity (Wildman–Crippen MR) is 88.2 cm³/mol. The molecule has 0 radical (unpaired) electrons. The van der Waals surface area contributed by atoms with Gasteiger partial charge in [-0.25, -0.2) is 8.42 Å². The number of sulfonamides is 1. The zero-order valence-electron chi connectivity index (χ0n) is 14.2. The Morgan fingerprint density at radius 3 is 2.17 bits per heavy atom. The first-order valence-electron chi connectivity index (χ1n) is 7.37. The number of carbonyl (C=O) groups is 1. The third-order valence-electron chi connectivity index (χ3n) is 3.36. The van der Waals surface area contributed by atoms with E-state index >= 15 is 0 Å². The summed E-state index contributed by atoms with van der Waals surface area (Å²) in [5, 5.41) is 2.59. The first-order valence-corrected chi connectivity index (χ1v) is 8.86. The SMILES string of the molecule is CC[C@H](NS(=O)(=O)c1ccc(OC)cc1)C(=O)NCC(OC)OC. The molecule has 0 saturated heterocycles. The number of hydrogen-bond donors (Lipinski definition) is 2. The van der Waals surface area contributed by atoms with Gasteiger partial charge in [0.1, 0.15) is 11.8 Å². The third kappa shape index (κ3) is 5.75. The lowest BCUT2D eigenvalue weighted by Crippen LogP contribution is -2.48. The van der Waals surface area contributed by atoms with Crippen molar-refractivity contribution < 1.29 is 27.4 Å². The predicted octanol–water partition coefficient (Wildman–Crippen LogP) is 0.487. The van der Waals surface area contributed by atoms with Gasteiger partial charge in [0.25, 0.3) is 0 Å². The lowest BCUT2D eigenvalue weighted by molar-refractivity contribution is -0.128. The first kappa shape index (κ1) is 20.4. The molecule has 2 N–H and O–H groups in total. The highest BCUT2D eigenvalue weighted by Gasteiger charge is 2.24. The van der Waals surface area contributed by atoms with Crippen LogP contribution in [0.2, 0.25) is 0 Å². The lowest BCUT2D eigenvalue weighted by Gasteiger charge is -2.19. The van der Waals surface area contributed by atoms with E-state index in [1.165, 1.54) is 45.6 Å². The molecule has 0 unspecified atom stereocenters. The van der Waals surface area contributed by atoms with Crippen LogP contribution in [0.5, 0.6) is 5.75 Å². The molecule has 136 valence electrons. The summed E-state index contributed by atoms with van der Waals surface area (Å²) in [6.07, 6.45) is -0.295. The molecular weight excluding hydrogens is 336 g/mol. The Labute approximate surface area is 142 Å². The molecule has 1 atom stereocenters. The number of carbonyl (C=O) groups excluding carboxylic acids is 1. The summed E-state index contributed by atoms with van der Waals surface area (Å²) in [6.45, 7) is 1.83. The Hall–Kier alpha value is -1.68. The molecule has 0 aliphatic carbocycles. The van der Waals surface area contributed by atoms with E-state index in [1.807, 2.05) is 0 Å². The van der Waals surface area contributed by atoms with Crippen LogP contribution >= 0.6 is 0 Å². The summed E-state index contributed by atoms with van der Waals surface area (Å²) in [4.78, 5) is 12.2. The highest BCUT2D eigenvalue weighted by Crippen LogP contribution is 2.16. The van der Waals surface area contributed by atoms with Crippen LogP contribution in [-0.4, -0.2) is 54.5 Å². The molecule has 1 aromatic carbocycles. The van der Waals surface area contributed by atoms with Crippen molar-refractivity contribution in [3.05, 3.63) is 24.3 Å². The molecule has 0 heterocycles. The Morgan fingerprint density at radius 1 is 1.12 bits per heavy atom. The van der Waals surface area contributed by atoms with Gasteiger partial charge in [0.2, 0.25) is 15.9 Å². The van der Waals surface area contributed by atoms with E-state index in [4.69, 9.17) is 14.2 Å². The van der Waals surface area contributed by atoms with Gasteiger partial charge in [-0.3, -0.25) is 4.79 Å². The van der Waals surface area contributed by atoms with Crippen LogP contribution in [0.15, 0.2) is 29.2 Å². The van der Waals surface area contributed by atoms with Gasteiger partial charge in [-0.2, -0.15) is 4.72 Å². The van der Waals surface area contributed by atoms with E-state index < -0.39 is 28.3 Å². The minimum absolute atomic E-state index is 0.0567. The second-order valence-electron chi connectivity index (χ2n) is 4.90. The summed E-state index contributed by atoms with van der Waals surface area (Å²) in [6, 6.07) is 5.01. The normalized spacial score (nSPS) is 12.9.